The van der Waals surface area contributed by atoms with Gasteiger partial charge in [0.15, 0.2) is 0 Å². The third-order valence-corrected chi connectivity index (χ3v) is 3.51. The van der Waals surface area contributed by atoms with Crippen LogP contribution < -0.4 is 5.32 Å². The van der Waals surface area contributed by atoms with E-state index in [9.17, 15) is 9.18 Å². The summed E-state index contributed by atoms with van der Waals surface area (Å²) in [6, 6.07) is 7.00. The van der Waals surface area contributed by atoms with Gasteiger partial charge in [0.25, 0.3) is 0 Å². The summed E-state index contributed by atoms with van der Waals surface area (Å²) in [5.41, 5.74) is 1.50. The number of benzene rings is 1. The molecular formula is C14H14FN3O2. The van der Waals surface area contributed by atoms with E-state index in [1.165, 1.54) is 17.2 Å². The van der Waals surface area contributed by atoms with Crippen LogP contribution in [0.25, 0.3) is 10.9 Å². The number of nitrogens with zero attached hydrogens (tertiary/aromatic N) is 2. The number of hydrogen-bond acceptors (Lipinski definition) is 3. The summed E-state index contributed by atoms with van der Waals surface area (Å²) in [5, 5.41) is 12.9. The molecule has 2 N–H and O–H groups in total. The molecule has 104 valence electrons. The van der Waals surface area contributed by atoms with E-state index in [1.54, 1.807) is 0 Å². The molecule has 20 heavy (non-hydrogen) atoms. The van der Waals surface area contributed by atoms with E-state index >= 15 is 0 Å². The van der Waals surface area contributed by atoms with E-state index in [1.807, 2.05) is 18.2 Å². The van der Waals surface area contributed by atoms with Crippen LogP contribution in [0.3, 0.4) is 0 Å². The highest BCUT2D eigenvalue weighted by molar-refractivity contribution is 5.91. The second-order valence-electron chi connectivity index (χ2n) is 4.88. The molecule has 1 aliphatic heterocycles. The summed E-state index contributed by atoms with van der Waals surface area (Å²) in [7, 11) is 0. The van der Waals surface area contributed by atoms with Crippen molar-refractivity contribution in [3.8, 4) is 0 Å². The lowest BCUT2D eigenvalue weighted by atomic mass is 10.1. The van der Waals surface area contributed by atoms with Crippen molar-refractivity contribution < 1.29 is 14.3 Å². The number of amides is 1. The number of hydrogen-bond donors (Lipinski definition) is 2. The Labute approximate surface area is 115 Å². The minimum atomic E-state index is -0.903. The normalized spacial score (nSPS) is 18.4. The van der Waals surface area contributed by atoms with Crippen molar-refractivity contribution in [2.24, 2.45) is 0 Å². The number of carbonyl (C=O) groups is 1. The van der Waals surface area contributed by atoms with Gasteiger partial charge in [-0.15, -0.1) is 0 Å². The minimum absolute atomic E-state index is 0.0416. The molecule has 3 rings (SSSR count). The molecule has 0 spiro atoms. The van der Waals surface area contributed by atoms with E-state index in [4.69, 9.17) is 5.11 Å². The van der Waals surface area contributed by atoms with Gasteiger partial charge in [0.2, 0.25) is 0 Å². The first-order chi connectivity index (χ1) is 9.63. The molecule has 5 nitrogen and oxygen atoms in total. The van der Waals surface area contributed by atoms with Gasteiger partial charge in [-0.1, -0.05) is 6.07 Å². The first kappa shape index (κ1) is 12.7. The lowest BCUT2D eigenvalue weighted by Gasteiger charge is -2.16. The van der Waals surface area contributed by atoms with Crippen molar-refractivity contribution >= 4 is 22.7 Å². The Bertz CT molecular complexity index is 662. The van der Waals surface area contributed by atoms with Gasteiger partial charge in [-0.25, -0.2) is 9.18 Å². The maximum absolute atomic E-state index is 13.3. The molecule has 0 saturated carbocycles. The number of likely N-dealkylation sites (tertiary alicyclic amines) is 1. The van der Waals surface area contributed by atoms with Gasteiger partial charge < -0.3 is 15.3 Å². The SMILES string of the molecule is O=C(O)N1CC[C@@H](Nc2cccc3ncc(F)cc23)C1. The van der Waals surface area contributed by atoms with Crippen molar-refractivity contribution in [1.82, 2.24) is 9.88 Å². The molecular weight excluding hydrogens is 261 g/mol. The second kappa shape index (κ2) is 4.96. The second-order valence-corrected chi connectivity index (χ2v) is 4.88. The molecule has 0 bridgehead atoms. The zero-order valence-electron chi connectivity index (χ0n) is 10.7. The molecule has 1 amide bonds. The molecule has 1 saturated heterocycles. The van der Waals surface area contributed by atoms with E-state index < -0.39 is 6.09 Å². The van der Waals surface area contributed by atoms with E-state index in [0.717, 1.165) is 12.1 Å². The summed E-state index contributed by atoms with van der Waals surface area (Å²) in [6.45, 7) is 0.957. The Kier molecular flexibility index (Phi) is 3.14. The summed E-state index contributed by atoms with van der Waals surface area (Å²) < 4.78 is 13.3. The summed E-state index contributed by atoms with van der Waals surface area (Å²) in [6.07, 6.45) is 1.03. The number of rotatable bonds is 2. The molecule has 1 aromatic carbocycles. The predicted octanol–water partition coefficient (Wildman–Crippen LogP) is 2.54. The first-order valence-corrected chi connectivity index (χ1v) is 6.42. The van der Waals surface area contributed by atoms with Crippen molar-refractivity contribution in [3.05, 3.63) is 36.3 Å². The van der Waals surface area contributed by atoms with Gasteiger partial charge in [0, 0.05) is 30.2 Å². The van der Waals surface area contributed by atoms with Crippen LogP contribution in [-0.2, 0) is 0 Å². The quantitative estimate of drug-likeness (QED) is 0.884. The summed E-state index contributed by atoms with van der Waals surface area (Å²) in [4.78, 5) is 16.3. The lowest BCUT2D eigenvalue weighted by Crippen LogP contribution is -2.30. The van der Waals surface area contributed by atoms with Gasteiger partial charge in [-0.2, -0.15) is 0 Å². The lowest BCUT2D eigenvalue weighted by molar-refractivity contribution is 0.155. The number of nitrogens with one attached hydrogen (secondary N) is 1. The van der Waals surface area contributed by atoms with Crippen LogP contribution in [0.15, 0.2) is 30.5 Å². The largest absolute Gasteiger partial charge is 0.465 e. The van der Waals surface area contributed by atoms with Crippen molar-refractivity contribution in [1.29, 1.82) is 0 Å². The van der Waals surface area contributed by atoms with Gasteiger partial charge in [-0.3, -0.25) is 4.98 Å². The Morgan fingerprint density at radius 3 is 3.10 bits per heavy atom. The monoisotopic (exact) mass is 275 g/mol. The Morgan fingerprint density at radius 2 is 2.35 bits per heavy atom. The average molecular weight is 275 g/mol. The minimum Gasteiger partial charge on any atom is -0.465 e. The maximum atomic E-state index is 13.3. The smallest absolute Gasteiger partial charge is 0.407 e. The average Bonchev–Trinajstić information content (AvgIpc) is 2.88. The molecule has 1 aromatic heterocycles. The number of pyridine rings is 1. The molecule has 2 heterocycles. The van der Waals surface area contributed by atoms with Crippen molar-refractivity contribution in [2.45, 2.75) is 12.5 Å². The third-order valence-electron chi connectivity index (χ3n) is 3.51. The van der Waals surface area contributed by atoms with Crippen molar-refractivity contribution in [2.75, 3.05) is 18.4 Å². The van der Waals surface area contributed by atoms with Crippen LogP contribution in [0.2, 0.25) is 0 Å². The summed E-state index contributed by atoms with van der Waals surface area (Å²) >= 11 is 0. The van der Waals surface area contributed by atoms with Crippen LogP contribution in [-0.4, -0.2) is 40.2 Å². The standard InChI is InChI=1S/C14H14FN3O2/c15-9-6-11-12(16-7-9)2-1-3-13(11)17-10-4-5-18(8-10)14(19)20/h1-3,6-7,10,17H,4-5,8H2,(H,19,20)/t10-/m1/s1. The number of anilines is 1. The van der Waals surface area contributed by atoms with Crippen molar-refractivity contribution in [3.63, 3.8) is 0 Å². The van der Waals surface area contributed by atoms with Crippen LogP contribution >= 0.6 is 0 Å². The molecule has 6 heteroatoms. The molecule has 2 aromatic rings. The van der Waals surface area contributed by atoms with Crippen LogP contribution in [0, 0.1) is 5.82 Å². The molecule has 0 radical (unpaired) electrons. The predicted molar refractivity (Wildman–Crippen MR) is 73.3 cm³/mol. The Hall–Kier alpha value is -2.37. The van der Waals surface area contributed by atoms with E-state index in [2.05, 4.69) is 10.3 Å². The first-order valence-electron chi connectivity index (χ1n) is 6.42. The number of aromatic nitrogens is 1. The van der Waals surface area contributed by atoms with Gasteiger partial charge in [-0.05, 0) is 24.6 Å². The Morgan fingerprint density at radius 1 is 1.50 bits per heavy atom. The number of halogens is 1. The third kappa shape index (κ3) is 2.36. The van der Waals surface area contributed by atoms with Gasteiger partial charge in [0.05, 0.1) is 11.7 Å². The highest BCUT2D eigenvalue weighted by Crippen LogP contribution is 2.25. The fraction of sp³-hybridized carbons (Fsp3) is 0.286. The topological polar surface area (TPSA) is 65.5 Å². The van der Waals surface area contributed by atoms with E-state index in [-0.39, 0.29) is 11.9 Å². The molecule has 1 aliphatic rings. The molecule has 1 fully saturated rings. The van der Waals surface area contributed by atoms with E-state index in [0.29, 0.717) is 24.0 Å². The molecule has 1 atom stereocenters. The van der Waals surface area contributed by atoms with Crippen LogP contribution in [0.5, 0.6) is 0 Å². The number of carboxylic acid groups (broad SMARTS) is 1. The van der Waals surface area contributed by atoms with Gasteiger partial charge >= 0.3 is 6.09 Å². The number of fused-ring (bicyclic) bond motifs is 1. The Balaban J connectivity index is 1.85. The molecule has 0 unspecified atom stereocenters. The highest BCUT2D eigenvalue weighted by Gasteiger charge is 2.25. The maximum Gasteiger partial charge on any atom is 0.407 e. The zero-order valence-corrected chi connectivity index (χ0v) is 10.7. The van der Waals surface area contributed by atoms with Gasteiger partial charge in [0.1, 0.15) is 5.82 Å². The summed E-state index contributed by atoms with van der Waals surface area (Å²) in [5.74, 6) is -0.384. The highest BCUT2D eigenvalue weighted by atomic mass is 19.1. The zero-order chi connectivity index (χ0) is 14.1. The van der Waals surface area contributed by atoms with Crippen LogP contribution in [0.1, 0.15) is 6.42 Å². The fourth-order valence-electron chi connectivity index (χ4n) is 2.52. The fourth-order valence-corrected chi connectivity index (χ4v) is 2.52. The molecule has 0 aliphatic carbocycles. The van der Waals surface area contributed by atoms with Crippen LogP contribution in [0.4, 0.5) is 14.9 Å².